The number of piperidine rings is 1. The Labute approximate surface area is 139 Å². The predicted molar refractivity (Wildman–Crippen MR) is 82.3 cm³/mol. The van der Waals surface area contributed by atoms with E-state index in [1.807, 2.05) is 0 Å². The number of ether oxygens (including phenoxy) is 2. The maximum atomic E-state index is 13.6. The minimum absolute atomic E-state index is 0.0289. The van der Waals surface area contributed by atoms with Gasteiger partial charge in [-0.2, -0.15) is 0 Å². The number of rotatable bonds is 3. The largest absolute Gasteiger partial charge is 0.490 e. The number of likely N-dealkylation sites (tertiary alicyclic amines) is 1. The molecule has 0 N–H and O–H groups in total. The molecule has 4 nitrogen and oxygen atoms in total. The Kier molecular flexibility index (Phi) is 5.62. The Bertz CT molecular complexity index is 601. The highest BCUT2D eigenvalue weighted by atomic mass is 19.2. The quantitative estimate of drug-likeness (QED) is 0.773. The highest BCUT2D eigenvalue weighted by Crippen LogP contribution is 2.24. The minimum atomic E-state index is -1.26. The molecule has 2 rings (SSSR count). The summed E-state index contributed by atoms with van der Waals surface area (Å²) >= 11 is 0. The van der Waals surface area contributed by atoms with E-state index in [4.69, 9.17) is 9.47 Å². The van der Waals surface area contributed by atoms with E-state index in [-0.39, 0.29) is 18.3 Å². The third kappa shape index (κ3) is 5.04. The van der Waals surface area contributed by atoms with Gasteiger partial charge in [-0.3, -0.25) is 0 Å². The lowest BCUT2D eigenvalue weighted by molar-refractivity contribution is 0.0138. The summed E-state index contributed by atoms with van der Waals surface area (Å²) in [6.07, 6.45) is 1.17. The lowest BCUT2D eigenvalue weighted by Gasteiger charge is -2.34. The van der Waals surface area contributed by atoms with Crippen LogP contribution in [0.15, 0.2) is 12.1 Å². The van der Waals surface area contributed by atoms with E-state index in [9.17, 15) is 18.0 Å². The number of carbonyl (C=O) groups excluding carboxylic acids is 1. The van der Waals surface area contributed by atoms with Crippen LogP contribution in [-0.4, -0.2) is 36.3 Å². The molecular formula is C17H22F3NO3. The minimum Gasteiger partial charge on any atom is -0.490 e. The first-order valence-corrected chi connectivity index (χ1v) is 7.91. The van der Waals surface area contributed by atoms with Crippen molar-refractivity contribution in [2.24, 2.45) is 5.92 Å². The summed E-state index contributed by atoms with van der Waals surface area (Å²) in [6.45, 7) is 6.50. The Morgan fingerprint density at radius 1 is 1.21 bits per heavy atom. The highest BCUT2D eigenvalue weighted by Gasteiger charge is 2.28. The predicted octanol–water partition coefficient (Wildman–Crippen LogP) is 4.13. The van der Waals surface area contributed by atoms with Gasteiger partial charge < -0.3 is 14.4 Å². The van der Waals surface area contributed by atoms with Crippen molar-refractivity contribution in [3.8, 4) is 5.75 Å². The van der Waals surface area contributed by atoms with Crippen LogP contribution in [0.4, 0.5) is 18.0 Å². The first-order valence-electron chi connectivity index (χ1n) is 7.91. The molecule has 1 heterocycles. The van der Waals surface area contributed by atoms with E-state index in [1.54, 1.807) is 25.7 Å². The van der Waals surface area contributed by atoms with E-state index in [1.165, 1.54) is 0 Å². The van der Waals surface area contributed by atoms with Crippen molar-refractivity contribution in [1.82, 2.24) is 4.90 Å². The summed E-state index contributed by atoms with van der Waals surface area (Å²) in [4.78, 5) is 13.7. The van der Waals surface area contributed by atoms with E-state index in [0.717, 1.165) is 12.8 Å². The maximum absolute atomic E-state index is 13.6. The fourth-order valence-electron chi connectivity index (χ4n) is 2.52. The summed E-state index contributed by atoms with van der Waals surface area (Å²) in [5.41, 5.74) is -0.574. The Balaban J connectivity index is 1.92. The third-order valence-corrected chi connectivity index (χ3v) is 3.62. The Hall–Kier alpha value is -1.92. The molecule has 1 aromatic carbocycles. The van der Waals surface area contributed by atoms with Crippen molar-refractivity contribution in [3.63, 3.8) is 0 Å². The van der Waals surface area contributed by atoms with Crippen LogP contribution in [-0.2, 0) is 4.74 Å². The van der Waals surface area contributed by atoms with Crippen molar-refractivity contribution in [2.45, 2.75) is 39.2 Å². The van der Waals surface area contributed by atoms with Crippen molar-refractivity contribution in [2.75, 3.05) is 19.7 Å². The normalized spacial score (nSPS) is 18.4. The highest BCUT2D eigenvalue weighted by molar-refractivity contribution is 5.68. The van der Waals surface area contributed by atoms with E-state index in [0.29, 0.717) is 25.2 Å². The number of nitrogens with zero attached hydrogens (tertiary/aromatic N) is 1. The number of hydrogen-bond acceptors (Lipinski definition) is 3. The SMILES string of the molecule is CC(C)(C)OC(=O)N1CCC[C@@H](COc2cc(F)c(F)cc2F)C1. The van der Waals surface area contributed by atoms with Crippen molar-refractivity contribution >= 4 is 6.09 Å². The summed E-state index contributed by atoms with van der Waals surface area (Å²) in [5, 5.41) is 0. The molecule has 0 spiro atoms. The molecule has 0 aliphatic carbocycles. The van der Waals surface area contributed by atoms with Gasteiger partial charge in [0.15, 0.2) is 23.2 Å². The van der Waals surface area contributed by atoms with Gasteiger partial charge in [0.25, 0.3) is 0 Å². The number of halogens is 3. The summed E-state index contributed by atoms with van der Waals surface area (Å²) in [7, 11) is 0. The van der Waals surface area contributed by atoms with Gasteiger partial charge in [0.1, 0.15) is 5.60 Å². The molecule has 0 bridgehead atoms. The molecule has 1 atom stereocenters. The van der Waals surface area contributed by atoms with Gasteiger partial charge in [0, 0.05) is 31.1 Å². The zero-order valence-corrected chi connectivity index (χ0v) is 14.1. The fraction of sp³-hybridized carbons (Fsp3) is 0.588. The first-order chi connectivity index (χ1) is 11.2. The average Bonchev–Trinajstić information content (AvgIpc) is 2.48. The van der Waals surface area contributed by atoms with Gasteiger partial charge in [0.2, 0.25) is 0 Å². The first kappa shape index (κ1) is 18.4. The topological polar surface area (TPSA) is 38.8 Å². The Morgan fingerprint density at radius 3 is 2.54 bits per heavy atom. The average molecular weight is 345 g/mol. The monoisotopic (exact) mass is 345 g/mol. The lowest BCUT2D eigenvalue weighted by atomic mass is 9.99. The molecule has 7 heteroatoms. The van der Waals surface area contributed by atoms with Gasteiger partial charge in [-0.1, -0.05) is 0 Å². The smallest absolute Gasteiger partial charge is 0.410 e. The summed E-state index contributed by atoms with van der Waals surface area (Å²) in [6, 6.07) is 1.15. The summed E-state index contributed by atoms with van der Waals surface area (Å²) in [5.74, 6) is -3.73. The molecule has 0 radical (unpaired) electrons. The fourth-order valence-corrected chi connectivity index (χ4v) is 2.52. The van der Waals surface area contributed by atoms with Gasteiger partial charge >= 0.3 is 6.09 Å². The molecule has 24 heavy (non-hydrogen) atoms. The van der Waals surface area contributed by atoms with Crippen molar-refractivity contribution in [1.29, 1.82) is 0 Å². The molecule has 0 unspecified atom stereocenters. The maximum Gasteiger partial charge on any atom is 0.410 e. The van der Waals surface area contributed by atoms with Crippen LogP contribution in [0.1, 0.15) is 33.6 Å². The second-order valence-corrected chi connectivity index (χ2v) is 6.94. The van der Waals surface area contributed by atoms with Crippen LogP contribution < -0.4 is 4.74 Å². The molecule has 1 aliphatic rings. The number of amides is 1. The zero-order chi connectivity index (χ0) is 17.9. The van der Waals surface area contributed by atoms with E-state index < -0.39 is 29.1 Å². The standard InChI is InChI=1S/C17H22F3NO3/c1-17(2,3)24-16(22)21-6-4-5-11(9-21)10-23-15-8-13(19)12(18)7-14(15)20/h7-8,11H,4-6,9-10H2,1-3H3/t11-/m1/s1. The molecule has 0 saturated carbocycles. The van der Waals surface area contributed by atoms with Crippen LogP contribution in [0.2, 0.25) is 0 Å². The number of benzene rings is 1. The van der Waals surface area contributed by atoms with Crippen LogP contribution in [0, 0.1) is 23.4 Å². The zero-order valence-electron chi connectivity index (χ0n) is 14.1. The Morgan fingerprint density at radius 2 is 1.88 bits per heavy atom. The van der Waals surface area contributed by atoms with Gasteiger partial charge in [-0.15, -0.1) is 0 Å². The second kappa shape index (κ2) is 7.32. The van der Waals surface area contributed by atoms with Crippen LogP contribution in [0.3, 0.4) is 0 Å². The molecule has 1 amide bonds. The van der Waals surface area contributed by atoms with Gasteiger partial charge in [0.05, 0.1) is 6.61 Å². The van der Waals surface area contributed by atoms with Gasteiger partial charge in [-0.05, 0) is 33.6 Å². The lowest BCUT2D eigenvalue weighted by Crippen LogP contribution is -2.44. The number of carbonyl (C=O) groups is 1. The number of hydrogen-bond donors (Lipinski definition) is 0. The molecule has 0 aromatic heterocycles. The van der Waals surface area contributed by atoms with Crippen LogP contribution >= 0.6 is 0 Å². The van der Waals surface area contributed by atoms with Gasteiger partial charge in [-0.25, -0.2) is 18.0 Å². The van der Waals surface area contributed by atoms with Crippen LogP contribution in [0.25, 0.3) is 0 Å². The molecule has 1 saturated heterocycles. The molecular weight excluding hydrogens is 323 g/mol. The van der Waals surface area contributed by atoms with Crippen molar-refractivity contribution < 1.29 is 27.4 Å². The molecule has 134 valence electrons. The third-order valence-electron chi connectivity index (χ3n) is 3.62. The van der Waals surface area contributed by atoms with E-state index >= 15 is 0 Å². The second-order valence-electron chi connectivity index (χ2n) is 6.94. The summed E-state index contributed by atoms with van der Waals surface area (Å²) < 4.78 is 50.2. The molecule has 1 fully saturated rings. The molecule has 1 aliphatic heterocycles. The van der Waals surface area contributed by atoms with E-state index in [2.05, 4.69) is 0 Å². The van der Waals surface area contributed by atoms with Crippen molar-refractivity contribution in [3.05, 3.63) is 29.6 Å². The van der Waals surface area contributed by atoms with Crippen LogP contribution in [0.5, 0.6) is 5.75 Å². The molecule has 1 aromatic rings.